The van der Waals surface area contributed by atoms with Crippen molar-refractivity contribution in [2.24, 2.45) is 0 Å². The van der Waals surface area contributed by atoms with Crippen LogP contribution >= 0.6 is 0 Å². The topological polar surface area (TPSA) is 88.8 Å². The van der Waals surface area contributed by atoms with Crippen LogP contribution in [-0.2, 0) is 0 Å². The predicted octanol–water partition coefficient (Wildman–Crippen LogP) is 5.48. The monoisotopic (exact) mass is 394 g/mol. The second kappa shape index (κ2) is 7.63. The standard InChI is InChI=1S/C23H18N6O/c1-15-13-21(29-30-15)28-23-26-19(16-7-3-2-4-8-16)14-20(27-23)25-18-11-5-9-17-10-6-12-24-22(17)18/h2-14H,1H3,(H2,25,26,27,28,29). The lowest BCUT2D eigenvalue weighted by Crippen LogP contribution is -2.03. The quantitative estimate of drug-likeness (QED) is 0.408. The molecule has 0 aliphatic heterocycles. The molecule has 0 saturated heterocycles. The molecule has 0 aliphatic rings. The minimum Gasteiger partial charge on any atom is -0.360 e. The molecule has 2 aromatic carbocycles. The number of hydrogen-bond acceptors (Lipinski definition) is 7. The van der Waals surface area contributed by atoms with E-state index < -0.39 is 0 Å². The third-order valence-corrected chi connectivity index (χ3v) is 4.56. The van der Waals surface area contributed by atoms with E-state index in [1.807, 2.05) is 73.7 Å². The fourth-order valence-corrected chi connectivity index (χ4v) is 3.21. The number of aromatic nitrogens is 4. The van der Waals surface area contributed by atoms with Crippen LogP contribution in [0.2, 0.25) is 0 Å². The van der Waals surface area contributed by atoms with Crippen molar-refractivity contribution in [1.29, 1.82) is 0 Å². The molecule has 7 heteroatoms. The Morgan fingerprint density at radius 2 is 1.67 bits per heavy atom. The number of anilines is 4. The highest BCUT2D eigenvalue weighted by molar-refractivity contribution is 5.91. The normalized spacial score (nSPS) is 10.8. The van der Waals surface area contributed by atoms with Gasteiger partial charge >= 0.3 is 0 Å². The fraction of sp³-hybridized carbons (Fsp3) is 0.0435. The zero-order valence-corrected chi connectivity index (χ0v) is 16.2. The van der Waals surface area contributed by atoms with Gasteiger partial charge in [-0.1, -0.05) is 53.7 Å². The Morgan fingerprint density at radius 1 is 0.800 bits per heavy atom. The van der Waals surface area contributed by atoms with E-state index in [0.717, 1.165) is 27.8 Å². The van der Waals surface area contributed by atoms with Gasteiger partial charge in [0, 0.05) is 29.3 Å². The molecule has 0 bridgehead atoms. The third-order valence-electron chi connectivity index (χ3n) is 4.56. The van der Waals surface area contributed by atoms with E-state index in [0.29, 0.717) is 23.3 Å². The molecule has 146 valence electrons. The lowest BCUT2D eigenvalue weighted by atomic mass is 10.1. The van der Waals surface area contributed by atoms with Crippen molar-refractivity contribution in [3.63, 3.8) is 0 Å². The van der Waals surface area contributed by atoms with Crippen LogP contribution in [0.25, 0.3) is 22.2 Å². The van der Waals surface area contributed by atoms with E-state index in [2.05, 4.69) is 30.7 Å². The SMILES string of the molecule is Cc1cc(Nc2nc(Nc3cccc4cccnc34)cc(-c3ccccc3)n2)no1. The summed E-state index contributed by atoms with van der Waals surface area (Å²) in [7, 11) is 0. The highest BCUT2D eigenvalue weighted by Crippen LogP contribution is 2.27. The minimum atomic E-state index is 0.417. The predicted molar refractivity (Wildman–Crippen MR) is 117 cm³/mol. The maximum Gasteiger partial charge on any atom is 0.231 e. The molecule has 0 aliphatic carbocycles. The second-order valence-electron chi connectivity index (χ2n) is 6.78. The number of para-hydroxylation sites is 1. The molecule has 0 fully saturated rings. The first-order chi connectivity index (χ1) is 14.7. The van der Waals surface area contributed by atoms with Gasteiger partial charge in [0.25, 0.3) is 0 Å². The van der Waals surface area contributed by atoms with Crippen LogP contribution in [0.4, 0.5) is 23.3 Å². The van der Waals surface area contributed by atoms with Gasteiger partial charge in [-0.3, -0.25) is 4.98 Å². The van der Waals surface area contributed by atoms with Gasteiger partial charge in [-0.05, 0) is 19.1 Å². The van der Waals surface area contributed by atoms with Gasteiger partial charge in [-0.15, -0.1) is 0 Å². The maximum absolute atomic E-state index is 5.13. The van der Waals surface area contributed by atoms with Gasteiger partial charge in [0.1, 0.15) is 11.6 Å². The summed E-state index contributed by atoms with van der Waals surface area (Å²) >= 11 is 0. The lowest BCUT2D eigenvalue weighted by Gasteiger charge is -2.12. The summed E-state index contributed by atoms with van der Waals surface area (Å²) < 4.78 is 5.13. The smallest absolute Gasteiger partial charge is 0.231 e. The van der Waals surface area contributed by atoms with Crippen LogP contribution in [0, 0.1) is 6.92 Å². The Balaban J connectivity index is 1.57. The second-order valence-corrected chi connectivity index (χ2v) is 6.78. The molecule has 0 atom stereocenters. The molecule has 2 N–H and O–H groups in total. The van der Waals surface area contributed by atoms with Crippen molar-refractivity contribution >= 4 is 34.2 Å². The number of aryl methyl sites for hydroxylation is 1. The largest absolute Gasteiger partial charge is 0.360 e. The molecule has 3 heterocycles. The van der Waals surface area contributed by atoms with E-state index in [-0.39, 0.29) is 0 Å². The number of nitrogens with zero attached hydrogens (tertiary/aromatic N) is 4. The summed E-state index contributed by atoms with van der Waals surface area (Å²) in [6.45, 7) is 1.83. The molecule has 0 spiro atoms. The van der Waals surface area contributed by atoms with Gasteiger partial charge in [0.05, 0.1) is 16.9 Å². The van der Waals surface area contributed by atoms with Crippen LogP contribution in [0.5, 0.6) is 0 Å². The Bertz CT molecular complexity index is 1310. The molecule has 3 aromatic heterocycles. The summed E-state index contributed by atoms with van der Waals surface area (Å²) in [5.74, 6) is 2.32. The Morgan fingerprint density at radius 3 is 2.50 bits per heavy atom. The molecule has 0 unspecified atom stereocenters. The van der Waals surface area contributed by atoms with Crippen molar-refractivity contribution in [2.75, 3.05) is 10.6 Å². The highest BCUT2D eigenvalue weighted by Gasteiger charge is 2.11. The molecule has 0 radical (unpaired) electrons. The van der Waals surface area contributed by atoms with Crippen molar-refractivity contribution in [2.45, 2.75) is 6.92 Å². The molecule has 5 aromatic rings. The van der Waals surface area contributed by atoms with Gasteiger partial charge < -0.3 is 15.2 Å². The van der Waals surface area contributed by atoms with Crippen LogP contribution in [0.1, 0.15) is 5.76 Å². The molecule has 7 nitrogen and oxygen atoms in total. The number of rotatable bonds is 5. The van der Waals surface area contributed by atoms with Crippen molar-refractivity contribution in [3.05, 3.63) is 84.8 Å². The van der Waals surface area contributed by atoms with Gasteiger partial charge in [0.2, 0.25) is 5.95 Å². The van der Waals surface area contributed by atoms with E-state index in [1.54, 1.807) is 12.3 Å². The van der Waals surface area contributed by atoms with Crippen molar-refractivity contribution in [3.8, 4) is 11.3 Å². The van der Waals surface area contributed by atoms with Gasteiger partial charge in [0.15, 0.2) is 5.82 Å². The van der Waals surface area contributed by atoms with Crippen LogP contribution in [-0.4, -0.2) is 20.1 Å². The van der Waals surface area contributed by atoms with Crippen molar-refractivity contribution < 1.29 is 4.52 Å². The highest BCUT2D eigenvalue weighted by atomic mass is 16.5. The lowest BCUT2D eigenvalue weighted by molar-refractivity contribution is 0.400. The Labute approximate surface area is 172 Å². The van der Waals surface area contributed by atoms with Gasteiger partial charge in [-0.2, -0.15) is 4.98 Å². The number of pyridine rings is 1. The third kappa shape index (κ3) is 3.68. The van der Waals surface area contributed by atoms with Crippen LogP contribution < -0.4 is 10.6 Å². The van der Waals surface area contributed by atoms with E-state index >= 15 is 0 Å². The molecule has 30 heavy (non-hydrogen) atoms. The van der Waals surface area contributed by atoms with E-state index in [1.165, 1.54) is 0 Å². The van der Waals surface area contributed by atoms with Crippen molar-refractivity contribution in [1.82, 2.24) is 20.1 Å². The molecule has 0 amide bonds. The first-order valence-corrected chi connectivity index (χ1v) is 9.50. The summed E-state index contributed by atoms with van der Waals surface area (Å²) in [5.41, 5.74) is 3.51. The zero-order valence-electron chi connectivity index (χ0n) is 16.2. The summed E-state index contributed by atoms with van der Waals surface area (Å²) in [4.78, 5) is 13.8. The average Bonchev–Trinajstić information content (AvgIpc) is 3.19. The number of nitrogens with one attached hydrogen (secondary N) is 2. The number of benzene rings is 2. The Kier molecular flexibility index (Phi) is 4.53. The molecule has 5 rings (SSSR count). The van der Waals surface area contributed by atoms with E-state index in [9.17, 15) is 0 Å². The minimum absolute atomic E-state index is 0.417. The molecule has 0 saturated carbocycles. The summed E-state index contributed by atoms with van der Waals surface area (Å²) in [5, 5.41) is 11.5. The van der Waals surface area contributed by atoms with Gasteiger partial charge in [-0.25, -0.2) is 4.98 Å². The fourth-order valence-electron chi connectivity index (χ4n) is 3.21. The molecular formula is C23H18N6O. The summed E-state index contributed by atoms with van der Waals surface area (Å²) in [6.07, 6.45) is 1.78. The first kappa shape index (κ1) is 17.8. The Hall–Kier alpha value is -4.26. The maximum atomic E-state index is 5.13. The number of hydrogen-bond donors (Lipinski definition) is 2. The molecular weight excluding hydrogens is 376 g/mol. The zero-order chi connectivity index (χ0) is 20.3. The van der Waals surface area contributed by atoms with Crippen LogP contribution in [0.15, 0.2) is 83.5 Å². The number of fused-ring (bicyclic) bond motifs is 1. The average molecular weight is 394 g/mol. The first-order valence-electron chi connectivity index (χ1n) is 9.50. The summed E-state index contributed by atoms with van der Waals surface area (Å²) in [6, 6.07) is 23.6. The van der Waals surface area contributed by atoms with Crippen LogP contribution in [0.3, 0.4) is 0 Å². The van der Waals surface area contributed by atoms with E-state index in [4.69, 9.17) is 4.52 Å².